The lowest BCUT2D eigenvalue weighted by atomic mass is 10.0. The number of benzene rings is 4. The second-order valence-corrected chi connectivity index (χ2v) is 17.9. The van der Waals surface area contributed by atoms with E-state index in [4.69, 9.17) is 31.9 Å². The standard InChI is InChI=1S/C47H64O10P2/c1-2-3-4-5-6-7-8-9-10-11-12-13-26-35-47(48)51-40-46(57-59(50,54-38-44-31-22-16-23-32-44)55-39-45-33-24-17-25-34-45)41-56-58(49,52-36-42-27-18-14-19-28-42)53-37-43-29-20-15-21-30-43/h14-25,27-34,46H,2-13,26,35-41H2,1H3. The molecule has 10 nitrogen and oxygen atoms in total. The van der Waals surface area contributed by atoms with Crippen LogP contribution in [0.25, 0.3) is 0 Å². The minimum absolute atomic E-state index is 0.0641. The molecule has 0 aliphatic rings. The third-order valence-electron chi connectivity index (χ3n) is 9.54. The van der Waals surface area contributed by atoms with Crippen LogP contribution < -0.4 is 0 Å². The monoisotopic (exact) mass is 850 g/mol. The van der Waals surface area contributed by atoms with Gasteiger partial charge in [-0.3, -0.25) is 31.9 Å². The lowest BCUT2D eigenvalue weighted by Gasteiger charge is -2.25. The Bertz CT molecular complexity index is 1670. The number of hydrogen-bond acceptors (Lipinski definition) is 10. The molecule has 0 saturated carbocycles. The van der Waals surface area contributed by atoms with Gasteiger partial charge >= 0.3 is 21.6 Å². The molecule has 4 aromatic rings. The van der Waals surface area contributed by atoms with E-state index in [1.54, 1.807) is 0 Å². The van der Waals surface area contributed by atoms with Crippen molar-refractivity contribution in [3.8, 4) is 0 Å². The highest BCUT2D eigenvalue weighted by Crippen LogP contribution is 2.54. The van der Waals surface area contributed by atoms with E-state index in [0.29, 0.717) is 6.42 Å². The molecule has 322 valence electrons. The van der Waals surface area contributed by atoms with E-state index in [9.17, 15) is 13.9 Å². The van der Waals surface area contributed by atoms with Crippen molar-refractivity contribution in [2.24, 2.45) is 0 Å². The van der Waals surface area contributed by atoms with Crippen molar-refractivity contribution >= 4 is 21.6 Å². The van der Waals surface area contributed by atoms with E-state index >= 15 is 0 Å². The fourth-order valence-electron chi connectivity index (χ4n) is 6.13. The highest BCUT2D eigenvalue weighted by atomic mass is 31.2. The Morgan fingerprint density at radius 3 is 1.15 bits per heavy atom. The first-order chi connectivity index (χ1) is 28.8. The predicted octanol–water partition coefficient (Wildman–Crippen LogP) is 13.5. The maximum absolute atomic E-state index is 14.4. The molecule has 1 atom stereocenters. The summed E-state index contributed by atoms with van der Waals surface area (Å²) in [5.41, 5.74) is 2.99. The predicted molar refractivity (Wildman–Crippen MR) is 232 cm³/mol. The molecule has 4 aromatic carbocycles. The molecule has 0 saturated heterocycles. The topological polar surface area (TPSA) is 116 Å². The zero-order valence-electron chi connectivity index (χ0n) is 34.7. The van der Waals surface area contributed by atoms with Gasteiger partial charge in [-0.1, -0.05) is 205 Å². The molecule has 0 aliphatic carbocycles. The first kappa shape index (κ1) is 48.2. The summed E-state index contributed by atoms with van der Waals surface area (Å²) in [5.74, 6) is -0.434. The molecule has 0 fully saturated rings. The van der Waals surface area contributed by atoms with E-state index < -0.39 is 34.3 Å². The van der Waals surface area contributed by atoms with E-state index in [0.717, 1.165) is 41.5 Å². The molecule has 0 aliphatic heterocycles. The molecule has 0 amide bonds. The maximum Gasteiger partial charge on any atom is 0.475 e. The average molecular weight is 851 g/mol. The molecule has 0 N–H and O–H groups in total. The average Bonchev–Trinajstić information content (AvgIpc) is 3.28. The van der Waals surface area contributed by atoms with Crippen molar-refractivity contribution in [2.75, 3.05) is 13.2 Å². The molecule has 0 spiro atoms. The second-order valence-electron chi connectivity index (χ2n) is 14.6. The van der Waals surface area contributed by atoms with Crippen LogP contribution in [0.5, 0.6) is 0 Å². The van der Waals surface area contributed by atoms with E-state index in [2.05, 4.69) is 6.92 Å². The molecule has 12 heteroatoms. The molecule has 4 rings (SSSR count). The number of phosphoric acid groups is 2. The SMILES string of the molecule is CCCCCCCCCCCCCCCC(=O)OCC(COP(=O)(OCc1ccccc1)OCc1ccccc1)OP(=O)(OCc1ccccc1)OCc1ccccc1. The molecule has 0 bridgehead atoms. The number of carbonyl (C=O) groups is 1. The number of phosphoric ester groups is 2. The van der Waals surface area contributed by atoms with Gasteiger partial charge in [0.05, 0.1) is 33.0 Å². The van der Waals surface area contributed by atoms with Crippen LogP contribution in [0.2, 0.25) is 0 Å². The van der Waals surface area contributed by atoms with Crippen LogP contribution in [0.4, 0.5) is 0 Å². The van der Waals surface area contributed by atoms with Crippen molar-refractivity contribution in [2.45, 2.75) is 129 Å². The molecular formula is C47H64O10P2. The lowest BCUT2D eigenvalue weighted by Crippen LogP contribution is -2.27. The molecule has 1 unspecified atom stereocenters. The zero-order valence-corrected chi connectivity index (χ0v) is 36.5. The fraction of sp³-hybridized carbons (Fsp3) is 0.468. The van der Waals surface area contributed by atoms with Gasteiger partial charge in [-0.15, -0.1) is 0 Å². The molecule has 59 heavy (non-hydrogen) atoms. The third-order valence-corrected chi connectivity index (χ3v) is 12.3. The number of hydrogen-bond donors (Lipinski definition) is 0. The van der Waals surface area contributed by atoms with Gasteiger partial charge in [0.25, 0.3) is 0 Å². The first-order valence-electron chi connectivity index (χ1n) is 21.3. The van der Waals surface area contributed by atoms with E-state index in [-0.39, 0.29) is 39.5 Å². The number of ether oxygens (including phenoxy) is 1. The van der Waals surface area contributed by atoms with Gasteiger partial charge in [-0.2, -0.15) is 0 Å². The number of rotatable bonds is 33. The van der Waals surface area contributed by atoms with Gasteiger partial charge in [0.2, 0.25) is 0 Å². The Kier molecular flexibility index (Phi) is 23.7. The smallest absolute Gasteiger partial charge is 0.463 e. The van der Waals surface area contributed by atoms with Crippen molar-refractivity contribution in [3.05, 3.63) is 144 Å². The van der Waals surface area contributed by atoms with Crippen LogP contribution >= 0.6 is 15.6 Å². The van der Waals surface area contributed by atoms with Crippen LogP contribution in [0, 0.1) is 0 Å². The minimum atomic E-state index is -4.37. The highest BCUT2D eigenvalue weighted by molar-refractivity contribution is 7.48. The van der Waals surface area contributed by atoms with Gasteiger partial charge in [0.1, 0.15) is 12.7 Å². The Morgan fingerprint density at radius 1 is 0.441 bits per heavy atom. The van der Waals surface area contributed by atoms with E-state index in [1.807, 2.05) is 121 Å². The van der Waals surface area contributed by atoms with Gasteiger partial charge in [0, 0.05) is 6.42 Å². The summed E-state index contributed by atoms with van der Waals surface area (Å²) in [5, 5.41) is 0. The Labute approximate surface area is 352 Å². The number of esters is 1. The van der Waals surface area contributed by atoms with Crippen molar-refractivity contribution < 1.29 is 45.8 Å². The summed E-state index contributed by atoms with van der Waals surface area (Å²) in [6.07, 6.45) is 14.5. The van der Waals surface area contributed by atoms with E-state index in [1.165, 1.54) is 57.8 Å². The number of carbonyl (C=O) groups excluding carboxylic acids is 1. The van der Waals surface area contributed by atoms with Crippen LogP contribution in [0.15, 0.2) is 121 Å². The lowest BCUT2D eigenvalue weighted by molar-refractivity contribution is -0.147. The first-order valence-corrected chi connectivity index (χ1v) is 24.2. The molecule has 0 radical (unpaired) electrons. The second kappa shape index (κ2) is 28.9. The largest absolute Gasteiger partial charge is 0.475 e. The zero-order chi connectivity index (χ0) is 41.7. The summed E-state index contributed by atoms with van der Waals surface area (Å²) < 4.78 is 69.5. The van der Waals surface area contributed by atoms with Crippen molar-refractivity contribution in [1.29, 1.82) is 0 Å². The summed E-state index contributed by atoms with van der Waals surface area (Å²) in [7, 11) is -8.65. The van der Waals surface area contributed by atoms with Crippen molar-refractivity contribution in [1.82, 2.24) is 0 Å². The van der Waals surface area contributed by atoms with Crippen molar-refractivity contribution in [3.63, 3.8) is 0 Å². The van der Waals surface area contributed by atoms with Gasteiger partial charge in [-0.05, 0) is 28.7 Å². The Morgan fingerprint density at radius 2 is 0.780 bits per heavy atom. The quantitative estimate of drug-likeness (QED) is 0.0261. The summed E-state index contributed by atoms with van der Waals surface area (Å²) in [4.78, 5) is 13.0. The van der Waals surface area contributed by atoms with Crippen LogP contribution in [-0.4, -0.2) is 25.3 Å². The van der Waals surface area contributed by atoms with Crippen LogP contribution in [0.1, 0.15) is 119 Å². The third kappa shape index (κ3) is 21.6. The molecule has 0 heterocycles. The normalized spacial score (nSPS) is 12.4. The van der Waals surface area contributed by atoms with Gasteiger partial charge in [-0.25, -0.2) is 9.13 Å². The van der Waals surface area contributed by atoms with Crippen LogP contribution in [-0.2, 0) is 72.2 Å². The highest BCUT2D eigenvalue weighted by Gasteiger charge is 2.35. The minimum Gasteiger partial charge on any atom is -0.463 e. The summed E-state index contributed by atoms with van der Waals surface area (Å²) >= 11 is 0. The van der Waals surface area contributed by atoms with Gasteiger partial charge < -0.3 is 4.74 Å². The molecule has 0 aromatic heterocycles. The number of unbranched alkanes of at least 4 members (excludes halogenated alkanes) is 12. The molecular weight excluding hydrogens is 786 g/mol. The summed E-state index contributed by atoms with van der Waals surface area (Å²) in [6, 6.07) is 36.8. The maximum atomic E-state index is 14.4. The Hall–Kier alpha value is -3.43. The van der Waals surface area contributed by atoms with Gasteiger partial charge in [0.15, 0.2) is 0 Å². The summed E-state index contributed by atoms with van der Waals surface area (Å²) in [6.45, 7) is 1.09. The Balaban J connectivity index is 1.38. The van der Waals surface area contributed by atoms with Crippen LogP contribution in [0.3, 0.4) is 0 Å². The fourth-order valence-corrected chi connectivity index (χ4v) is 8.62.